The summed E-state index contributed by atoms with van der Waals surface area (Å²) in [5.41, 5.74) is 10.6. The second kappa shape index (κ2) is 3.73. The fraction of sp³-hybridized carbons (Fsp3) is 0.400. The lowest BCUT2D eigenvalue weighted by Gasteiger charge is -2.10. The molecular weight excluding hydrogens is 132 g/mol. The quantitative estimate of drug-likeness (QED) is 0.330. The molecule has 0 saturated heterocycles. The third-order valence-corrected chi connectivity index (χ3v) is 0.708. The molecule has 0 aromatic heterocycles. The second-order valence-corrected chi connectivity index (χ2v) is 2.01. The molecule has 0 rings (SSSR count). The van der Waals surface area contributed by atoms with Crippen molar-refractivity contribution in [2.75, 3.05) is 6.54 Å². The molecule has 0 aromatic carbocycles. The lowest BCUT2D eigenvalue weighted by Crippen LogP contribution is -2.35. The molecule has 10 heavy (non-hydrogen) atoms. The van der Waals surface area contributed by atoms with E-state index in [0.717, 1.165) is 5.01 Å². The van der Waals surface area contributed by atoms with E-state index in [1.54, 1.807) is 6.92 Å². The first-order chi connectivity index (χ1) is 4.52. The van der Waals surface area contributed by atoms with Crippen molar-refractivity contribution in [1.29, 1.82) is 0 Å². The Morgan fingerprint density at radius 2 is 2.10 bits per heavy atom. The highest BCUT2D eigenvalue weighted by molar-refractivity contribution is 5.75. The molecular formula is C5H12N4O. The van der Waals surface area contributed by atoms with Crippen molar-refractivity contribution >= 4 is 5.91 Å². The van der Waals surface area contributed by atoms with Crippen molar-refractivity contribution in [1.82, 2.24) is 5.01 Å². The number of hydrogen-bond donors (Lipinski definition) is 3. The van der Waals surface area contributed by atoms with Gasteiger partial charge < -0.3 is 16.5 Å². The maximum atomic E-state index is 10.2. The van der Waals surface area contributed by atoms with E-state index in [0.29, 0.717) is 5.70 Å². The molecule has 0 radical (unpaired) electrons. The Kier molecular flexibility index (Phi) is 3.27. The summed E-state index contributed by atoms with van der Waals surface area (Å²) >= 11 is 0. The minimum absolute atomic E-state index is 0.0193. The van der Waals surface area contributed by atoms with Gasteiger partial charge in [0.1, 0.15) is 6.54 Å². The molecule has 1 amide bonds. The molecule has 6 N–H and O–H groups in total. The van der Waals surface area contributed by atoms with Crippen molar-refractivity contribution in [3.63, 3.8) is 0 Å². The van der Waals surface area contributed by atoms with Gasteiger partial charge in [-0.3, -0.25) is 4.79 Å². The lowest BCUT2D eigenvalue weighted by molar-refractivity contribution is -0.118. The van der Waals surface area contributed by atoms with Crippen LogP contribution in [0.25, 0.3) is 0 Å². The molecule has 5 nitrogen and oxygen atoms in total. The fourth-order valence-electron chi connectivity index (χ4n) is 0.487. The van der Waals surface area contributed by atoms with Crippen LogP contribution in [0.5, 0.6) is 0 Å². The highest BCUT2D eigenvalue weighted by Gasteiger charge is 1.96. The summed E-state index contributed by atoms with van der Waals surface area (Å²) in [7, 11) is 0. The maximum Gasteiger partial charge on any atom is 0.238 e. The van der Waals surface area contributed by atoms with E-state index in [9.17, 15) is 4.79 Å². The van der Waals surface area contributed by atoms with Crippen molar-refractivity contribution in [3.05, 3.63) is 11.9 Å². The lowest BCUT2D eigenvalue weighted by atomic mass is 10.5. The molecule has 0 heterocycles. The number of rotatable bonds is 3. The van der Waals surface area contributed by atoms with Crippen molar-refractivity contribution < 1.29 is 4.79 Å². The van der Waals surface area contributed by atoms with E-state index in [4.69, 9.17) is 17.3 Å². The Morgan fingerprint density at radius 3 is 2.40 bits per heavy atom. The molecule has 58 valence electrons. The van der Waals surface area contributed by atoms with E-state index in [2.05, 4.69) is 0 Å². The number of nitrogens with two attached hydrogens (primary N) is 3. The molecule has 0 atom stereocenters. The van der Waals surface area contributed by atoms with E-state index >= 15 is 0 Å². The van der Waals surface area contributed by atoms with Gasteiger partial charge in [-0.1, -0.05) is 0 Å². The van der Waals surface area contributed by atoms with Crippen LogP contribution in [0.3, 0.4) is 0 Å². The highest BCUT2D eigenvalue weighted by Crippen LogP contribution is 1.82. The SMILES string of the molecule is C/C(N)=C/N(N)CC(N)=O. The van der Waals surface area contributed by atoms with Crippen LogP contribution in [-0.4, -0.2) is 17.5 Å². The van der Waals surface area contributed by atoms with Gasteiger partial charge in [0, 0.05) is 11.9 Å². The topological polar surface area (TPSA) is 98.4 Å². The number of carbonyl (C=O) groups excluding carboxylic acids is 1. The van der Waals surface area contributed by atoms with Crippen LogP contribution in [-0.2, 0) is 4.79 Å². The molecule has 0 saturated carbocycles. The number of hydrazine groups is 1. The molecule has 0 aliphatic carbocycles. The summed E-state index contributed by atoms with van der Waals surface area (Å²) in [5, 5.41) is 1.14. The van der Waals surface area contributed by atoms with Gasteiger partial charge >= 0.3 is 0 Å². The van der Waals surface area contributed by atoms with Crippen LogP contribution in [0.15, 0.2) is 11.9 Å². The van der Waals surface area contributed by atoms with Crippen LogP contribution >= 0.6 is 0 Å². The molecule has 0 aliphatic heterocycles. The van der Waals surface area contributed by atoms with Gasteiger partial charge in [0.25, 0.3) is 0 Å². The minimum Gasteiger partial charge on any atom is -0.401 e. The van der Waals surface area contributed by atoms with E-state index in [1.807, 2.05) is 0 Å². The first-order valence-electron chi connectivity index (χ1n) is 2.76. The number of hydrogen-bond acceptors (Lipinski definition) is 4. The monoisotopic (exact) mass is 144 g/mol. The molecule has 0 spiro atoms. The zero-order chi connectivity index (χ0) is 8.15. The Labute approximate surface area is 59.4 Å². The number of amides is 1. The third-order valence-electron chi connectivity index (χ3n) is 0.708. The van der Waals surface area contributed by atoms with Crippen molar-refractivity contribution in [2.24, 2.45) is 17.3 Å². The summed E-state index contributed by atoms with van der Waals surface area (Å²) in [6, 6.07) is 0. The van der Waals surface area contributed by atoms with Gasteiger partial charge in [-0.05, 0) is 6.92 Å². The normalized spacial score (nSPS) is 11.2. The van der Waals surface area contributed by atoms with Crippen molar-refractivity contribution in [2.45, 2.75) is 6.92 Å². The molecule has 0 bridgehead atoms. The number of allylic oxidation sites excluding steroid dienone is 1. The Hall–Kier alpha value is -1.23. The molecule has 0 unspecified atom stereocenters. The largest absolute Gasteiger partial charge is 0.401 e. The number of carbonyl (C=O) groups is 1. The van der Waals surface area contributed by atoms with Gasteiger partial charge in [0.05, 0.1) is 0 Å². The van der Waals surface area contributed by atoms with Crippen molar-refractivity contribution in [3.8, 4) is 0 Å². The predicted octanol–water partition coefficient (Wildman–Crippen LogP) is -1.53. The third kappa shape index (κ3) is 4.92. The van der Waals surface area contributed by atoms with Crippen LogP contribution in [0.2, 0.25) is 0 Å². The van der Waals surface area contributed by atoms with Crippen LogP contribution in [0, 0.1) is 0 Å². The smallest absolute Gasteiger partial charge is 0.238 e. The van der Waals surface area contributed by atoms with Gasteiger partial charge in [-0.25, -0.2) is 5.84 Å². The Morgan fingerprint density at radius 1 is 1.60 bits per heavy atom. The zero-order valence-electron chi connectivity index (χ0n) is 5.87. The molecule has 5 heteroatoms. The summed E-state index contributed by atoms with van der Waals surface area (Å²) in [6.07, 6.45) is 1.44. The summed E-state index contributed by atoms with van der Waals surface area (Å²) < 4.78 is 0. The van der Waals surface area contributed by atoms with Crippen LogP contribution in [0.1, 0.15) is 6.92 Å². The highest BCUT2D eigenvalue weighted by atomic mass is 16.1. The van der Waals surface area contributed by atoms with E-state index in [1.165, 1.54) is 6.20 Å². The molecule has 0 aromatic rings. The molecule has 0 aliphatic rings. The van der Waals surface area contributed by atoms with E-state index < -0.39 is 5.91 Å². The van der Waals surface area contributed by atoms with Gasteiger partial charge in [-0.2, -0.15) is 0 Å². The number of primary amides is 1. The summed E-state index contributed by atoms with van der Waals surface area (Å²) in [6.45, 7) is 1.65. The standard InChI is InChI=1S/C5H12N4O/c1-4(6)2-9(8)3-5(7)10/h2H,3,6,8H2,1H3,(H2,7,10)/b4-2-. The first kappa shape index (κ1) is 8.77. The Bertz CT molecular complexity index is 150. The molecule has 0 fully saturated rings. The average molecular weight is 144 g/mol. The van der Waals surface area contributed by atoms with Crippen LogP contribution < -0.4 is 17.3 Å². The average Bonchev–Trinajstić information content (AvgIpc) is 1.58. The zero-order valence-corrected chi connectivity index (χ0v) is 5.87. The first-order valence-corrected chi connectivity index (χ1v) is 2.76. The van der Waals surface area contributed by atoms with Gasteiger partial charge in [0.15, 0.2) is 0 Å². The Balaban J connectivity index is 3.75. The van der Waals surface area contributed by atoms with E-state index in [-0.39, 0.29) is 6.54 Å². The second-order valence-electron chi connectivity index (χ2n) is 2.01. The fourth-order valence-corrected chi connectivity index (χ4v) is 0.487. The minimum atomic E-state index is -0.486. The summed E-state index contributed by atoms with van der Waals surface area (Å²) in [4.78, 5) is 10.2. The summed E-state index contributed by atoms with van der Waals surface area (Å²) in [5.74, 6) is 4.77. The van der Waals surface area contributed by atoms with Gasteiger partial charge in [0.2, 0.25) is 5.91 Å². The maximum absolute atomic E-state index is 10.2. The van der Waals surface area contributed by atoms with Crippen LogP contribution in [0.4, 0.5) is 0 Å². The number of nitrogens with zero attached hydrogens (tertiary/aromatic N) is 1. The predicted molar refractivity (Wildman–Crippen MR) is 38.0 cm³/mol. The van der Waals surface area contributed by atoms with Gasteiger partial charge in [-0.15, -0.1) is 0 Å².